The van der Waals surface area contributed by atoms with Crippen molar-refractivity contribution in [1.29, 1.82) is 0 Å². The molecule has 0 saturated carbocycles. The highest BCUT2D eigenvalue weighted by Gasteiger charge is 2.17. The maximum atomic E-state index is 12.6. The van der Waals surface area contributed by atoms with E-state index >= 15 is 0 Å². The maximum Gasteiger partial charge on any atom is 0.252 e. The number of piperidine rings is 1. The standard InChI is InChI=1S/C23H30N2O/c1-16-11-13-25(14-12-16)21-9-7-20(8-10-21)19(4)24-23(26)22-15-17(2)5-6-18(22)3/h5-10,15-16,19H,11-14H2,1-4H3,(H,24,26). The van der Waals surface area contributed by atoms with Crippen LogP contribution in [0.5, 0.6) is 0 Å². The molecule has 1 aliphatic rings. The Morgan fingerprint density at radius 2 is 1.73 bits per heavy atom. The highest BCUT2D eigenvalue weighted by molar-refractivity contribution is 5.96. The van der Waals surface area contributed by atoms with Gasteiger partial charge >= 0.3 is 0 Å². The molecule has 0 spiro atoms. The van der Waals surface area contributed by atoms with E-state index in [0.717, 1.165) is 41.3 Å². The number of anilines is 1. The fraction of sp³-hybridized carbons (Fsp3) is 0.435. The third kappa shape index (κ3) is 4.27. The molecule has 138 valence electrons. The maximum absolute atomic E-state index is 12.6. The Bertz CT molecular complexity index is 758. The topological polar surface area (TPSA) is 32.3 Å². The van der Waals surface area contributed by atoms with Crippen molar-refractivity contribution in [3.05, 3.63) is 64.7 Å². The van der Waals surface area contributed by atoms with Gasteiger partial charge in [0.1, 0.15) is 0 Å². The lowest BCUT2D eigenvalue weighted by molar-refractivity contribution is 0.0939. The summed E-state index contributed by atoms with van der Waals surface area (Å²) in [5, 5.41) is 3.13. The number of benzene rings is 2. The summed E-state index contributed by atoms with van der Waals surface area (Å²) < 4.78 is 0. The van der Waals surface area contributed by atoms with Crippen LogP contribution in [0.2, 0.25) is 0 Å². The second-order valence-electron chi connectivity index (χ2n) is 7.77. The molecule has 0 aromatic heterocycles. The minimum atomic E-state index is -0.0159. The molecule has 3 heteroatoms. The molecule has 0 radical (unpaired) electrons. The van der Waals surface area contributed by atoms with E-state index in [1.807, 2.05) is 39.0 Å². The van der Waals surface area contributed by atoms with Gasteiger partial charge in [-0.05, 0) is 68.9 Å². The van der Waals surface area contributed by atoms with Gasteiger partial charge in [0.05, 0.1) is 6.04 Å². The van der Waals surface area contributed by atoms with Crippen molar-refractivity contribution in [2.75, 3.05) is 18.0 Å². The van der Waals surface area contributed by atoms with Crippen molar-refractivity contribution in [1.82, 2.24) is 5.32 Å². The molecular formula is C23H30N2O. The number of carbonyl (C=O) groups excluding carboxylic acids is 1. The SMILES string of the molecule is Cc1ccc(C)c(C(=O)NC(C)c2ccc(N3CCC(C)CC3)cc2)c1. The Labute approximate surface area is 157 Å². The summed E-state index contributed by atoms with van der Waals surface area (Å²) in [5.74, 6) is 0.832. The molecule has 1 fully saturated rings. The van der Waals surface area contributed by atoms with Gasteiger partial charge in [-0.1, -0.05) is 36.8 Å². The molecule has 1 N–H and O–H groups in total. The van der Waals surface area contributed by atoms with E-state index in [1.165, 1.54) is 18.5 Å². The first kappa shape index (κ1) is 18.5. The molecule has 0 bridgehead atoms. The summed E-state index contributed by atoms with van der Waals surface area (Å²) in [6, 6.07) is 14.6. The van der Waals surface area contributed by atoms with Crippen molar-refractivity contribution in [3.63, 3.8) is 0 Å². The summed E-state index contributed by atoms with van der Waals surface area (Å²) in [4.78, 5) is 15.1. The van der Waals surface area contributed by atoms with Crippen molar-refractivity contribution in [2.24, 2.45) is 5.92 Å². The Morgan fingerprint density at radius 3 is 2.38 bits per heavy atom. The minimum absolute atomic E-state index is 0.00667. The molecule has 1 amide bonds. The summed E-state index contributed by atoms with van der Waals surface area (Å²) in [5.41, 5.74) is 5.30. The van der Waals surface area contributed by atoms with Gasteiger partial charge in [-0.15, -0.1) is 0 Å². The van der Waals surface area contributed by atoms with Crippen LogP contribution in [0.25, 0.3) is 0 Å². The quantitative estimate of drug-likeness (QED) is 0.839. The third-order valence-corrected chi connectivity index (χ3v) is 5.53. The molecule has 26 heavy (non-hydrogen) atoms. The molecule has 2 aromatic carbocycles. The van der Waals surface area contributed by atoms with Gasteiger partial charge in [0.15, 0.2) is 0 Å². The van der Waals surface area contributed by atoms with E-state index in [1.54, 1.807) is 0 Å². The third-order valence-electron chi connectivity index (χ3n) is 5.53. The lowest BCUT2D eigenvalue weighted by Gasteiger charge is -2.32. The number of hydrogen-bond donors (Lipinski definition) is 1. The van der Waals surface area contributed by atoms with Crippen LogP contribution in [0.4, 0.5) is 5.69 Å². The summed E-state index contributed by atoms with van der Waals surface area (Å²) in [6.45, 7) is 10.6. The van der Waals surface area contributed by atoms with Crippen molar-refractivity contribution in [3.8, 4) is 0 Å². The molecular weight excluding hydrogens is 320 g/mol. The number of carbonyl (C=O) groups is 1. The molecule has 1 unspecified atom stereocenters. The second-order valence-corrected chi connectivity index (χ2v) is 7.77. The first-order valence-electron chi connectivity index (χ1n) is 9.67. The number of amides is 1. The van der Waals surface area contributed by atoms with Crippen LogP contribution in [0.15, 0.2) is 42.5 Å². The normalized spacial score (nSPS) is 16.4. The summed E-state index contributed by atoms with van der Waals surface area (Å²) in [6.07, 6.45) is 2.54. The molecule has 1 aliphatic heterocycles. The second kappa shape index (κ2) is 7.94. The lowest BCUT2D eigenvalue weighted by Crippen LogP contribution is -2.32. The van der Waals surface area contributed by atoms with Crippen molar-refractivity contribution >= 4 is 11.6 Å². The van der Waals surface area contributed by atoms with Gasteiger partial charge in [0.25, 0.3) is 5.91 Å². The van der Waals surface area contributed by atoms with Crippen LogP contribution in [0, 0.1) is 19.8 Å². The van der Waals surface area contributed by atoms with Crippen LogP contribution >= 0.6 is 0 Å². The summed E-state index contributed by atoms with van der Waals surface area (Å²) >= 11 is 0. The van der Waals surface area contributed by atoms with E-state index in [2.05, 4.69) is 41.4 Å². The lowest BCUT2D eigenvalue weighted by atomic mass is 9.98. The predicted molar refractivity (Wildman–Crippen MR) is 109 cm³/mol. The number of hydrogen-bond acceptors (Lipinski definition) is 2. The zero-order valence-corrected chi connectivity index (χ0v) is 16.4. The van der Waals surface area contributed by atoms with E-state index in [4.69, 9.17) is 0 Å². The zero-order valence-electron chi connectivity index (χ0n) is 16.4. The van der Waals surface area contributed by atoms with E-state index in [9.17, 15) is 4.79 Å². The van der Waals surface area contributed by atoms with Gasteiger partial charge in [-0.25, -0.2) is 0 Å². The van der Waals surface area contributed by atoms with Gasteiger partial charge in [0.2, 0.25) is 0 Å². The fourth-order valence-corrected chi connectivity index (χ4v) is 3.58. The number of aryl methyl sites for hydroxylation is 2. The average molecular weight is 351 g/mol. The van der Waals surface area contributed by atoms with Crippen LogP contribution < -0.4 is 10.2 Å². The Kier molecular flexibility index (Phi) is 5.65. The number of nitrogens with zero attached hydrogens (tertiary/aromatic N) is 1. The van der Waals surface area contributed by atoms with E-state index in [-0.39, 0.29) is 11.9 Å². The fourth-order valence-electron chi connectivity index (χ4n) is 3.58. The van der Waals surface area contributed by atoms with Crippen molar-refractivity contribution in [2.45, 2.75) is 46.6 Å². The smallest absolute Gasteiger partial charge is 0.252 e. The number of nitrogens with one attached hydrogen (secondary N) is 1. The summed E-state index contributed by atoms with van der Waals surface area (Å²) in [7, 11) is 0. The molecule has 2 aromatic rings. The largest absolute Gasteiger partial charge is 0.372 e. The van der Waals surface area contributed by atoms with Gasteiger partial charge in [0, 0.05) is 24.3 Å². The molecule has 3 rings (SSSR count). The number of rotatable bonds is 4. The highest BCUT2D eigenvalue weighted by Crippen LogP contribution is 2.25. The van der Waals surface area contributed by atoms with E-state index in [0.29, 0.717) is 0 Å². The van der Waals surface area contributed by atoms with Crippen molar-refractivity contribution < 1.29 is 4.79 Å². The van der Waals surface area contributed by atoms with Gasteiger partial charge in [-0.3, -0.25) is 4.79 Å². The Morgan fingerprint density at radius 1 is 1.08 bits per heavy atom. The molecule has 1 atom stereocenters. The van der Waals surface area contributed by atoms with E-state index < -0.39 is 0 Å². The Balaban J connectivity index is 1.65. The van der Waals surface area contributed by atoms with Gasteiger partial charge in [-0.2, -0.15) is 0 Å². The Hall–Kier alpha value is -2.29. The van der Waals surface area contributed by atoms with Crippen LogP contribution in [0.3, 0.4) is 0 Å². The molecule has 3 nitrogen and oxygen atoms in total. The first-order chi connectivity index (χ1) is 12.4. The molecule has 0 aliphatic carbocycles. The van der Waals surface area contributed by atoms with Crippen LogP contribution in [-0.2, 0) is 0 Å². The average Bonchev–Trinajstić information content (AvgIpc) is 2.64. The molecule has 1 heterocycles. The monoisotopic (exact) mass is 350 g/mol. The van der Waals surface area contributed by atoms with Gasteiger partial charge < -0.3 is 10.2 Å². The zero-order chi connectivity index (χ0) is 18.7. The minimum Gasteiger partial charge on any atom is -0.372 e. The van der Waals surface area contributed by atoms with Crippen LogP contribution in [0.1, 0.15) is 59.8 Å². The van der Waals surface area contributed by atoms with Crippen LogP contribution in [-0.4, -0.2) is 19.0 Å². The first-order valence-corrected chi connectivity index (χ1v) is 9.67. The highest BCUT2D eigenvalue weighted by atomic mass is 16.1. The predicted octanol–water partition coefficient (Wildman–Crippen LogP) is 5.03. The molecule has 1 saturated heterocycles.